The van der Waals surface area contributed by atoms with Crippen molar-refractivity contribution >= 4 is 11.3 Å². The number of ether oxygens (including phenoxy) is 1. The van der Waals surface area contributed by atoms with Gasteiger partial charge in [0, 0.05) is 18.8 Å². The minimum Gasteiger partial charge on any atom is -0.360 e. The first kappa shape index (κ1) is 12.8. The van der Waals surface area contributed by atoms with E-state index in [1.54, 1.807) is 17.5 Å². The number of nitrogens with two attached hydrogens (primary N) is 1. The van der Waals surface area contributed by atoms with Crippen molar-refractivity contribution in [2.45, 2.75) is 37.5 Å². The number of aromatic nitrogens is 1. The highest BCUT2D eigenvalue weighted by Crippen LogP contribution is 2.34. The monoisotopic (exact) mass is 274 g/mol. The molecule has 0 bridgehead atoms. The fourth-order valence-electron chi connectivity index (χ4n) is 2.74. The van der Waals surface area contributed by atoms with Crippen LogP contribution in [0.15, 0.2) is 41.4 Å². The second kappa shape index (κ2) is 5.82. The van der Waals surface area contributed by atoms with E-state index in [4.69, 9.17) is 10.5 Å². The lowest BCUT2D eigenvalue weighted by Gasteiger charge is -2.33. The van der Waals surface area contributed by atoms with Crippen LogP contribution >= 0.6 is 11.3 Å². The molecule has 0 aliphatic carbocycles. The summed E-state index contributed by atoms with van der Waals surface area (Å²) < 4.78 is 5.87. The third-order valence-electron chi connectivity index (χ3n) is 3.63. The molecule has 4 heteroatoms. The highest BCUT2D eigenvalue weighted by atomic mass is 32.1. The van der Waals surface area contributed by atoms with Crippen LogP contribution in [0.1, 0.15) is 29.9 Å². The van der Waals surface area contributed by atoms with Crippen molar-refractivity contribution in [2.75, 3.05) is 0 Å². The van der Waals surface area contributed by atoms with Gasteiger partial charge in [-0.1, -0.05) is 6.07 Å². The van der Waals surface area contributed by atoms with E-state index in [9.17, 15) is 0 Å². The molecule has 1 saturated heterocycles. The van der Waals surface area contributed by atoms with Crippen LogP contribution in [-0.4, -0.2) is 17.3 Å². The highest BCUT2D eigenvalue weighted by molar-refractivity contribution is 7.07. The molecule has 0 radical (unpaired) electrons. The Labute approximate surface area is 117 Å². The Morgan fingerprint density at radius 3 is 3.05 bits per heavy atom. The molecule has 0 aromatic carbocycles. The van der Waals surface area contributed by atoms with Crippen molar-refractivity contribution in [1.82, 2.24) is 4.98 Å². The van der Waals surface area contributed by atoms with Crippen LogP contribution < -0.4 is 5.73 Å². The lowest BCUT2D eigenvalue weighted by atomic mass is 9.87. The summed E-state index contributed by atoms with van der Waals surface area (Å²) in [6.45, 7) is 0. The van der Waals surface area contributed by atoms with Gasteiger partial charge in [-0.05, 0) is 52.8 Å². The largest absolute Gasteiger partial charge is 0.360 e. The molecule has 0 unspecified atom stereocenters. The third-order valence-corrected chi connectivity index (χ3v) is 4.33. The number of thiophene rings is 1. The summed E-state index contributed by atoms with van der Waals surface area (Å²) in [6, 6.07) is 6.26. The van der Waals surface area contributed by atoms with Gasteiger partial charge in [0.25, 0.3) is 0 Å². The Hall–Kier alpha value is -1.23. The maximum Gasteiger partial charge on any atom is 0.106 e. The summed E-state index contributed by atoms with van der Waals surface area (Å²) >= 11 is 1.75. The number of hydrogen-bond acceptors (Lipinski definition) is 4. The SMILES string of the molecule is N[C@@H]1C[C@H](c2ccsc2)C[C@@H](Cc2cccnc2)O1. The molecule has 0 spiro atoms. The van der Waals surface area contributed by atoms with E-state index in [1.165, 1.54) is 11.1 Å². The molecule has 100 valence electrons. The lowest BCUT2D eigenvalue weighted by molar-refractivity contribution is -0.0534. The minimum atomic E-state index is -0.152. The first-order valence-corrected chi connectivity index (χ1v) is 7.57. The molecule has 1 fully saturated rings. The molecule has 2 aromatic heterocycles. The van der Waals surface area contributed by atoms with Gasteiger partial charge in [0.1, 0.15) is 6.23 Å². The van der Waals surface area contributed by atoms with Crippen LogP contribution in [0.3, 0.4) is 0 Å². The number of nitrogens with zero attached hydrogens (tertiary/aromatic N) is 1. The molecule has 19 heavy (non-hydrogen) atoms. The van der Waals surface area contributed by atoms with E-state index >= 15 is 0 Å². The molecular formula is C15H18N2OS. The minimum absolute atomic E-state index is 0.152. The molecule has 1 aliphatic rings. The summed E-state index contributed by atoms with van der Waals surface area (Å²) in [5.41, 5.74) is 8.66. The van der Waals surface area contributed by atoms with E-state index in [0.717, 1.165) is 19.3 Å². The average molecular weight is 274 g/mol. The van der Waals surface area contributed by atoms with E-state index in [1.807, 2.05) is 12.3 Å². The smallest absolute Gasteiger partial charge is 0.106 e. The topological polar surface area (TPSA) is 48.1 Å². The molecule has 2 N–H and O–H groups in total. The summed E-state index contributed by atoms with van der Waals surface area (Å²) in [7, 11) is 0. The van der Waals surface area contributed by atoms with Gasteiger partial charge in [0.15, 0.2) is 0 Å². The van der Waals surface area contributed by atoms with Gasteiger partial charge in [0.2, 0.25) is 0 Å². The third kappa shape index (κ3) is 3.21. The lowest BCUT2D eigenvalue weighted by Crippen LogP contribution is -2.38. The van der Waals surface area contributed by atoms with E-state index in [0.29, 0.717) is 5.92 Å². The van der Waals surface area contributed by atoms with Crippen molar-refractivity contribution in [3.05, 3.63) is 52.5 Å². The van der Waals surface area contributed by atoms with Crippen molar-refractivity contribution in [2.24, 2.45) is 5.73 Å². The van der Waals surface area contributed by atoms with Gasteiger partial charge in [-0.3, -0.25) is 4.98 Å². The predicted octanol–water partition coefficient (Wildman–Crippen LogP) is 2.93. The summed E-state index contributed by atoms with van der Waals surface area (Å²) in [5, 5.41) is 4.36. The normalized spacial score (nSPS) is 27.3. The van der Waals surface area contributed by atoms with E-state index < -0.39 is 0 Å². The van der Waals surface area contributed by atoms with E-state index in [-0.39, 0.29) is 12.3 Å². The van der Waals surface area contributed by atoms with Crippen molar-refractivity contribution < 1.29 is 4.74 Å². The Morgan fingerprint density at radius 1 is 1.37 bits per heavy atom. The molecule has 3 heterocycles. The van der Waals surface area contributed by atoms with Crippen molar-refractivity contribution in [3.63, 3.8) is 0 Å². The standard InChI is InChI=1S/C15H18N2OS/c16-15-8-13(12-3-5-19-10-12)7-14(18-15)6-11-2-1-4-17-9-11/h1-5,9-10,13-15H,6-8,16H2/t13-,14-,15+/m1/s1. The molecule has 0 amide bonds. The molecule has 3 rings (SSSR count). The molecule has 3 atom stereocenters. The number of rotatable bonds is 3. The Morgan fingerprint density at radius 2 is 2.32 bits per heavy atom. The zero-order valence-corrected chi connectivity index (χ0v) is 11.6. The van der Waals surface area contributed by atoms with Crippen LogP contribution in [0.4, 0.5) is 0 Å². The molecule has 1 aliphatic heterocycles. The average Bonchev–Trinajstić information content (AvgIpc) is 2.93. The number of pyridine rings is 1. The zero-order valence-electron chi connectivity index (χ0n) is 10.7. The number of hydrogen-bond donors (Lipinski definition) is 1. The molecule has 2 aromatic rings. The molecular weight excluding hydrogens is 256 g/mol. The van der Waals surface area contributed by atoms with Gasteiger partial charge in [0.05, 0.1) is 6.10 Å². The van der Waals surface area contributed by atoms with Gasteiger partial charge < -0.3 is 10.5 Å². The van der Waals surface area contributed by atoms with Gasteiger partial charge in [-0.15, -0.1) is 0 Å². The van der Waals surface area contributed by atoms with Crippen molar-refractivity contribution in [3.8, 4) is 0 Å². The quantitative estimate of drug-likeness (QED) is 0.936. The van der Waals surface area contributed by atoms with Crippen LogP contribution in [0.5, 0.6) is 0 Å². The maximum atomic E-state index is 6.04. The first-order chi connectivity index (χ1) is 9.31. The first-order valence-electron chi connectivity index (χ1n) is 6.63. The Kier molecular flexibility index (Phi) is 3.92. The van der Waals surface area contributed by atoms with Crippen LogP contribution in [-0.2, 0) is 11.2 Å². The highest BCUT2D eigenvalue weighted by Gasteiger charge is 2.28. The second-order valence-corrected chi connectivity index (χ2v) is 5.87. The van der Waals surface area contributed by atoms with Crippen molar-refractivity contribution in [1.29, 1.82) is 0 Å². The summed E-state index contributed by atoms with van der Waals surface area (Å²) in [4.78, 5) is 4.15. The fraction of sp³-hybridized carbons (Fsp3) is 0.400. The van der Waals surface area contributed by atoms with Gasteiger partial charge in [-0.2, -0.15) is 11.3 Å². The predicted molar refractivity (Wildman–Crippen MR) is 77.1 cm³/mol. The van der Waals surface area contributed by atoms with Gasteiger partial charge in [-0.25, -0.2) is 0 Å². The maximum absolute atomic E-state index is 6.04. The summed E-state index contributed by atoms with van der Waals surface area (Å²) in [5.74, 6) is 0.525. The van der Waals surface area contributed by atoms with Crippen LogP contribution in [0.2, 0.25) is 0 Å². The molecule has 3 nitrogen and oxygen atoms in total. The van der Waals surface area contributed by atoms with Crippen LogP contribution in [0, 0.1) is 0 Å². The molecule has 0 saturated carbocycles. The Bertz CT molecular complexity index is 500. The Balaban J connectivity index is 1.69. The summed E-state index contributed by atoms with van der Waals surface area (Å²) in [6.07, 6.45) is 6.59. The second-order valence-electron chi connectivity index (χ2n) is 5.09. The zero-order chi connectivity index (χ0) is 13.1. The van der Waals surface area contributed by atoms with E-state index in [2.05, 4.69) is 27.9 Å². The fourth-order valence-corrected chi connectivity index (χ4v) is 3.49. The van der Waals surface area contributed by atoms with Crippen LogP contribution in [0.25, 0.3) is 0 Å². The van der Waals surface area contributed by atoms with Gasteiger partial charge >= 0.3 is 0 Å².